The Bertz CT molecular complexity index is 1070. The Hall–Kier alpha value is -3.66. The maximum atomic E-state index is 12.5. The molecule has 1 heterocycles. The maximum absolute atomic E-state index is 12.5. The zero-order chi connectivity index (χ0) is 19.3. The van der Waals surface area contributed by atoms with E-state index in [4.69, 9.17) is 5.10 Å². The summed E-state index contributed by atoms with van der Waals surface area (Å²) in [7, 11) is 0. The number of para-hydroxylation sites is 1. The monoisotopic (exact) mass is 367 g/mol. The molecule has 0 radical (unpaired) electrons. The molecule has 3 aromatic carbocycles. The zero-order valence-corrected chi connectivity index (χ0v) is 15.7. The maximum Gasteiger partial charge on any atom is 0.251 e. The van der Waals surface area contributed by atoms with Crippen LogP contribution in [0.4, 0.5) is 0 Å². The van der Waals surface area contributed by atoms with E-state index in [1.54, 1.807) is 0 Å². The summed E-state index contributed by atoms with van der Waals surface area (Å²) in [6.07, 6.45) is 1.98. The second-order valence-corrected chi connectivity index (χ2v) is 6.70. The molecule has 4 heteroatoms. The summed E-state index contributed by atoms with van der Waals surface area (Å²) in [5, 5.41) is 7.80. The Morgan fingerprint density at radius 3 is 2.21 bits per heavy atom. The number of benzene rings is 3. The highest BCUT2D eigenvalue weighted by Gasteiger charge is 2.13. The molecule has 0 saturated carbocycles. The fourth-order valence-corrected chi connectivity index (χ4v) is 3.07. The van der Waals surface area contributed by atoms with Gasteiger partial charge < -0.3 is 5.32 Å². The minimum absolute atomic E-state index is 0.0912. The van der Waals surface area contributed by atoms with E-state index < -0.39 is 0 Å². The molecular weight excluding hydrogens is 346 g/mol. The molecule has 0 aliphatic rings. The van der Waals surface area contributed by atoms with Gasteiger partial charge in [0.1, 0.15) is 0 Å². The third-order valence-corrected chi connectivity index (χ3v) is 4.61. The van der Waals surface area contributed by atoms with Crippen molar-refractivity contribution < 1.29 is 4.79 Å². The summed E-state index contributed by atoms with van der Waals surface area (Å²) < 4.78 is 1.86. The molecule has 0 aliphatic heterocycles. The molecule has 4 nitrogen and oxygen atoms in total. The van der Waals surface area contributed by atoms with E-state index in [1.807, 2.05) is 103 Å². The molecule has 28 heavy (non-hydrogen) atoms. The predicted molar refractivity (Wildman–Crippen MR) is 111 cm³/mol. The van der Waals surface area contributed by atoms with Crippen LogP contribution in [-0.4, -0.2) is 15.7 Å². The first kappa shape index (κ1) is 17.7. The van der Waals surface area contributed by atoms with Crippen LogP contribution in [0.1, 0.15) is 21.5 Å². The van der Waals surface area contributed by atoms with E-state index in [-0.39, 0.29) is 5.91 Å². The Morgan fingerprint density at radius 2 is 1.54 bits per heavy atom. The standard InChI is InChI=1S/C24H21N3O/c1-18-12-14-20(15-13-18)24(28)25-16-21-17-27(22-10-6-3-7-11-22)26-23(21)19-8-4-2-5-9-19/h2-15,17H,16H2,1H3,(H,25,28). The van der Waals surface area contributed by atoms with Gasteiger partial charge in [0.2, 0.25) is 0 Å². The summed E-state index contributed by atoms with van der Waals surface area (Å²) in [5.41, 5.74) is 5.63. The first-order valence-electron chi connectivity index (χ1n) is 9.25. The molecule has 4 aromatic rings. The van der Waals surface area contributed by atoms with Crippen molar-refractivity contribution in [2.75, 3.05) is 0 Å². The number of aromatic nitrogens is 2. The highest BCUT2D eigenvalue weighted by Crippen LogP contribution is 2.23. The zero-order valence-electron chi connectivity index (χ0n) is 15.7. The van der Waals surface area contributed by atoms with Crippen molar-refractivity contribution in [2.24, 2.45) is 0 Å². The van der Waals surface area contributed by atoms with Crippen LogP contribution in [-0.2, 0) is 6.54 Å². The molecule has 0 unspecified atom stereocenters. The average Bonchev–Trinajstić information content (AvgIpc) is 3.18. The van der Waals surface area contributed by atoms with Crippen LogP contribution in [0.15, 0.2) is 91.1 Å². The summed E-state index contributed by atoms with van der Waals surface area (Å²) in [4.78, 5) is 12.5. The minimum atomic E-state index is -0.0912. The van der Waals surface area contributed by atoms with E-state index in [1.165, 1.54) is 0 Å². The van der Waals surface area contributed by atoms with Crippen molar-refractivity contribution >= 4 is 5.91 Å². The van der Waals surface area contributed by atoms with Crippen LogP contribution in [0.25, 0.3) is 16.9 Å². The lowest BCUT2D eigenvalue weighted by Crippen LogP contribution is -2.22. The highest BCUT2D eigenvalue weighted by atomic mass is 16.1. The summed E-state index contributed by atoms with van der Waals surface area (Å²) >= 11 is 0. The van der Waals surface area contributed by atoms with Gasteiger partial charge in [0.25, 0.3) is 5.91 Å². The van der Waals surface area contributed by atoms with Crippen LogP contribution in [0, 0.1) is 6.92 Å². The molecule has 1 amide bonds. The van der Waals surface area contributed by atoms with Crippen LogP contribution >= 0.6 is 0 Å². The number of nitrogens with one attached hydrogen (secondary N) is 1. The number of amides is 1. The molecule has 4 rings (SSSR count). The number of carbonyl (C=O) groups is 1. The average molecular weight is 367 g/mol. The normalized spacial score (nSPS) is 10.6. The third kappa shape index (κ3) is 3.86. The van der Waals surface area contributed by atoms with Crippen molar-refractivity contribution in [1.29, 1.82) is 0 Å². The van der Waals surface area contributed by atoms with Crippen molar-refractivity contribution in [3.8, 4) is 16.9 Å². The number of hydrogen-bond donors (Lipinski definition) is 1. The van der Waals surface area contributed by atoms with Gasteiger partial charge in [-0.25, -0.2) is 4.68 Å². The van der Waals surface area contributed by atoms with Gasteiger partial charge in [0.05, 0.1) is 11.4 Å². The van der Waals surface area contributed by atoms with Crippen LogP contribution < -0.4 is 5.32 Å². The highest BCUT2D eigenvalue weighted by molar-refractivity contribution is 5.94. The van der Waals surface area contributed by atoms with Crippen LogP contribution in [0.2, 0.25) is 0 Å². The van der Waals surface area contributed by atoms with Gasteiger partial charge in [-0.3, -0.25) is 4.79 Å². The van der Waals surface area contributed by atoms with E-state index in [0.717, 1.165) is 28.1 Å². The molecule has 0 saturated heterocycles. The van der Waals surface area contributed by atoms with Crippen LogP contribution in [0.5, 0.6) is 0 Å². The molecule has 138 valence electrons. The fraction of sp³-hybridized carbons (Fsp3) is 0.0833. The summed E-state index contributed by atoms with van der Waals surface area (Å²) in [6, 6.07) is 27.6. The lowest BCUT2D eigenvalue weighted by molar-refractivity contribution is 0.0951. The van der Waals surface area contributed by atoms with Gasteiger partial charge in [-0.1, -0.05) is 66.2 Å². The second kappa shape index (κ2) is 7.92. The van der Waals surface area contributed by atoms with E-state index in [0.29, 0.717) is 12.1 Å². The van der Waals surface area contributed by atoms with E-state index >= 15 is 0 Å². The topological polar surface area (TPSA) is 46.9 Å². The molecule has 0 atom stereocenters. The molecule has 0 aliphatic carbocycles. The number of nitrogens with zero attached hydrogens (tertiary/aromatic N) is 2. The van der Waals surface area contributed by atoms with E-state index in [9.17, 15) is 4.79 Å². The van der Waals surface area contributed by atoms with Crippen molar-refractivity contribution in [2.45, 2.75) is 13.5 Å². The predicted octanol–water partition coefficient (Wildman–Crippen LogP) is 4.78. The van der Waals surface area contributed by atoms with Gasteiger partial charge in [0, 0.05) is 29.4 Å². The Kier molecular flexibility index (Phi) is 5.02. The van der Waals surface area contributed by atoms with Crippen LogP contribution in [0.3, 0.4) is 0 Å². The second-order valence-electron chi connectivity index (χ2n) is 6.70. The van der Waals surface area contributed by atoms with Gasteiger partial charge in [-0.2, -0.15) is 5.10 Å². The minimum Gasteiger partial charge on any atom is -0.348 e. The number of rotatable bonds is 5. The first-order chi connectivity index (χ1) is 13.7. The number of hydrogen-bond acceptors (Lipinski definition) is 2. The molecule has 1 aromatic heterocycles. The Balaban J connectivity index is 1.62. The Labute approximate surface area is 164 Å². The first-order valence-corrected chi connectivity index (χ1v) is 9.25. The lowest BCUT2D eigenvalue weighted by Gasteiger charge is -2.06. The summed E-state index contributed by atoms with van der Waals surface area (Å²) in [6.45, 7) is 2.41. The van der Waals surface area contributed by atoms with Crippen molar-refractivity contribution in [1.82, 2.24) is 15.1 Å². The molecule has 0 bridgehead atoms. The van der Waals surface area contributed by atoms with Gasteiger partial charge >= 0.3 is 0 Å². The largest absolute Gasteiger partial charge is 0.348 e. The fourth-order valence-electron chi connectivity index (χ4n) is 3.07. The van der Waals surface area contributed by atoms with Gasteiger partial charge in [0.15, 0.2) is 0 Å². The molecule has 0 fully saturated rings. The SMILES string of the molecule is Cc1ccc(C(=O)NCc2cn(-c3ccccc3)nc2-c2ccccc2)cc1. The smallest absolute Gasteiger partial charge is 0.251 e. The molecule has 0 spiro atoms. The van der Waals surface area contributed by atoms with Crippen molar-refractivity contribution in [3.05, 3.63) is 108 Å². The number of carbonyl (C=O) groups excluding carboxylic acids is 1. The lowest BCUT2D eigenvalue weighted by atomic mass is 10.1. The number of aryl methyl sites for hydroxylation is 1. The quantitative estimate of drug-likeness (QED) is 0.552. The van der Waals surface area contributed by atoms with E-state index in [2.05, 4.69) is 5.32 Å². The Morgan fingerprint density at radius 1 is 0.893 bits per heavy atom. The van der Waals surface area contributed by atoms with Crippen molar-refractivity contribution in [3.63, 3.8) is 0 Å². The molecular formula is C24H21N3O. The molecule has 1 N–H and O–H groups in total. The third-order valence-electron chi connectivity index (χ3n) is 4.61. The van der Waals surface area contributed by atoms with Gasteiger partial charge in [-0.05, 0) is 31.2 Å². The summed E-state index contributed by atoms with van der Waals surface area (Å²) in [5.74, 6) is -0.0912. The van der Waals surface area contributed by atoms with Gasteiger partial charge in [-0.15, -0.1) is 0 Å².